The quantitative estimate of drug-likeness (QED) is 0.674. The van der Waals surface area contributed by atoms with Gasteiger partial charge in [-0.3, -0.25) is 4.79 Å². The minimum absolute atomic E-state index is 0.220. The van der Waals surface area contributed by atoms with Gasteiger partial charge in [0.15, 0.2) is 0 Å². The van der Waals surface area contributed by atoms with Crippen molar-refractivity contribution in [3.63, 3.8) is 0 Å². The summed E-state index contributed by atoms with van der Waals surface area (Å²) in [5.74, 6) is 1.49. The Labute approximate surface area is 156 Å². The summed E-state index contributed by atoms with van der Waals surface area (Å²) in [6.07, 6.45) is 4.02. The summed E-state index contributed by atoms with van der Waals surface area (Å²) < 4.78 is 5.92. The highest BCUT2D eigenvalue weighted by molar-refractivity contribution is 5.73. The monoisotopic (exact) mass is 352 g/mol. The van der Waals surface area contributed by atoms with Crippen molar-refractivity contribution in [1.29, 1.82) is 0 Å². The second-order valence-corrected chi connectivity index (χ2v) is 7.13. The van der Waals surface area contributed by atoms with E-state index >= 15 is 0 Å². The van der Waals surface area contributed by atoms with Crippen LogP contribution in [0.3, 0.4) is 0 Å². The zero-order chi connectivity index (χ0) is 18.2. The average molecular weight is 352 g/mol. The summed E-state index contributed by atoms with van der Waals surface area (Å²) in [7, 11) is 0. The third-order valence-electron chi connectivity index (χ3n) is 4.75. The van der Waals surface area contributed by atoms with Crippen molar-refractivity contribution in [3.05, 3.63) is 65.7 Å². The predicted octanol–water partition coefficient (Wildman–Crippen LogP) is 3.40. The second kappa shape index (κ2) is 9.39. The molecule has 1 aliphatic carbocycles. The van der Waals surface area contributed by atoms with Crippen molar-refractivity contribution >= 4 is 5.91 Å². The van der Waals surface area contributed by atoms with Gasteiger partial charge in [-0.1, -0.05) is 42.5 Å². The summed E-state index contributed by atoms with van der Waals surface area (Å²) in [6.45, 7) is 3.37. The molecule has 0 saturated heterocycles. The molecule has 26 heavy (non-hydrogen) atoms. The molecule has 3 rings (SSSR count). The molecule has 1 saturated carbocycles. The Morgan fingerprint density at radius 2 is 1.81 bits per heavy atom. The fourth-order valence-corrected chi connectivity index (χ4v) is 3.05. The van der Waals surface area contributed by atoms with Crippen LogP contribution in [0.15, 0.2) is 54.6 Å². The number of hydrogen-bond donors (Lipinski definition) is 1. The second-order valence-electron chi connectivity index (χ2n) is 7.13. The number of primary amides is 1. The summed E-state index contributed by atoms with van der Waals surface area (Å²) in [5, 5.41) is 0. The van der Waals surface area contributed by atoms with Gasteiger partial charge in [0, 0.05) is 26.1 Å². The van der Waals surface area contributed by atoms with Crippen molar-refractivity contribution in [2.24, 2.45) is 11.7 Å². The van der Waals surface area contributed by atoms with Gasteiger partial charge in [-0.2, -0.15) is 0 Å². The van der Waals surface area contributed by atoms with Gasteiger partial charge in [0.1, 0.15) is 12.4 Å². The Hall–Kier alpha value is -2.33. The van der Waals surface area contributed by atoms with Gasteiger partial charge in [-0.15, -0.1) is 0 Å². The van der Waals surface area contributed by atoms with E-state index in [4.69, 9.17) is 10.5 Å². The first-order chi connectivity index (χ1) is 12.7. The molecular weight excluding hydrogens is 324 g/mol. The molecule has 2 N–H and O–H groups in total. The maximum absolute atomic E-state index is 11.1. The molecule has 4 nitrogen and oxygen atoms in total. The number of carbonyl (C=O) groups is 1. The van der Waals surface area contributed by atoms with E-state index in [9.17, 15) is 4.79 Å². The predicted molar refractivity (Wildman–Crippen MR) is 104 cm³/mol. The number of carbonyl (C=O) groups excluding carboxylic acids is 1. The van der Waals surface area contributed by atoms with E-state index in [1.807, 2.05) is 30.3 Å². The van der Waals surface area contributed by atoms with Crippen LogP contribution >= 0.6 is 0 Å². The van der Waals surface area contributed by atoms with Gasteiger partial charge >= 0.3 is 0 Å². The topological polar surface area (TPSA) is 55.6 Å². The van der Waals surface area contributed by atoms with Crippen molar-refractivity contribution in [1.82, 2.24) is 4.90 Å². The molecule has 1 amide bonds. The molecule has 0 aliphatic heterocycles. The molecule has 0 radical (unpaired) electrons. The molecule has 2 aromatic rings. The molecule has 1 fully saturated rings. The largest absolute Gasteiger partial charge is 0.489 e. The molecule has 4 heteroatoms. The molecule has 0 aromatic heterocycles. The minimum Gasteiger partial charge on any atom is -0.489 e. The molecule has 0 atom stereocenters. The lowest BCUT2D eigenvalue weighted by molar-refractivity contribution is -0.118. The zero-order valence-electron chi connectivity index (χ0n) is 15.3. The number of nitrogens with two attached hydrogens (primary N) is 1. The Balaban J connectivity index is 1.50. The number of amides is 1. The van der Waals surface area contributed by atoms with Crippen LogP contribution in [0.5, 0.6) is 5.75 Å². The average Bonchev–Trinajstić information content (AvgIpc) is 3.47. The van der Waals surface area contributed by atoms with Crippen LogP contribution in [0.25, 0.3) is 0 Å². The molecule has 0 spiro atoms. The molecule has 138 valence electrons. The number of rotatable bonds is 11. The van der Waals surface area contributed by atoms with E-state index in [1.165, 1.54) is 24.0 Å². The van der Waals surface area contributed by atoms with Crippen LogP contribution in [0, 0.1) is 5.92 Å². The summed E-state index contributed by atoms with van der Waals surface area (Å²) >= 11 is 0. The van der Waals surface area contributed by atoms with Gasteiger partial charge in [-0.25, -0.2) is 0 Å². The van der Waals surface area contributed by atoms with Crippen LogP contribution in [-0.4, -0.2) is 30.4 Å². The fourth-order valence-electron chi connectivity index (χ4n) is 3.05. The highest BCUT2D eigenvalue weighted by Crippen LogP contribution is 2.29. The Morgan fingerprint density at radius 3 is 2.54 bits per heavy atom. The number of benzene rings is 2. The standard InChI is InChI=1S/C22H28N2O2/c23-22(25)12-14-24(16-19-9-10-19)13-11-18-7-4-8-21(15-18)26-17-20-5-2-1-3-6-20/h1-8,15,19H,9-14,16-17H2,(H2,23,25). The third kappa shape index (κ3) is 6.52. The van der Waals surface area contributed by atoms with Gasteiger partial charge < -0.3 is 15.4 Å². The van der Waals surface area contributed by atoms with Gasteiger partial charge in [0.2, 0.25) is 5.91 Å². The lowest BCUT2D eigenvalue weighted by atomic mass is 10.1. The summed E-state index contributed by atoms with van der Waals surface area (Å²) in [4.78, 5) is 13.5. The van der Waals surface area contributed by atoms with Gasteiger partial charge in [-0.05, 0) is 48.4 Å². The van der Waals surface area contributed by atoms with Crippen molar-refractivity contribution in [2.45, 2.75) is 32.3 Å². The van der Waals surface area contributed by atoms with Crippen LogP contribution in [0.4, 0.5) is 0 Å². The summed E-state index contributed by atoms with van der Waals surface area (Å²) in [5.41, 5.74) is 7.74. The lowest BCUT2D eigenvalue weighted by Gasteiger charge is -2.21. The minimum atomic E-state index is -0.220. The molecule has 0 bridgehead atoms. The van der Waals surface area contributed by atoms with Crippen LogP contribution in [-0.2, 0) is 17.8 Å². The molecular formula is C22H28N2O2. The van der Waals surface area contributed by atoms with E-state index in [2.05, 4.69) is 29.2 Å². The van der Waals surface area contributed by atoms with E-state index in [1.54, 1.807) is 0 Å². The maximum atomic E-state index is 11.1. The highest BCUT2D eigenvalue weighted by atomic mass is 16.5. The number of hydrogen-bond acceptors (Lipinski definition) is 3. The van der Waals surface area contributed by atoms with Gasteiger partial charge in [0.25, 0.3) is 0 Å². The van der Waals surface area contributed by atoms with Crippen molar-refractivity contribution < 1.29 is 9.53 Å². The SMILES string of the molecule is NC(=O)CCN(CCc1cccc(OCc2ccccc2)c1)CC1CC1. The van der Waals surface area contributed by atoms with Crippen molar-refractivity contribution in [2.75, 3.05) is 19.6 Å². The van der Waals surface area contributed by atoms with Crippen molar-refractivity contribution in [3.8, 4) is 5.75 Å². The fraction of sp³-hybridized carbons (Fsp3) is 0.409. The Kier molecular flexibility index (Phi) is 6.67. The third-order valence-corrected chi connectivity index (χ3v) is 4.75. The molecule has 0 unspecified atom stereocenters. The van der Waals surface area contributed by atoms with Gasteiger partial charge in [0.05, 0.1) is 0 Å². The van der Waals surface area contributed by atoms with E-state index in [0.29, 0.717) is 13.0 Å². The molecule has 0 heterocycles. The molecule has 1 aliphatic rings. The first kappa shape index (κ1) is 18.5. The zero-order valence-corrected chi connectivity index (χ0v) is 15.3. The first-order valence-corrected chi connectivity index (χ1v) is 9.45. The normalized spacial score (nSPS) is 13.7. The van der Waals surface area contributed by atoms with Crippen LogP contribution < -0.4 is 10.5 Å². The smallest absolute Gasteiger partial charge is 0.218 e. The van der Waals surface area contributed by atoms with Crippen LogP contribution in [0.2, 0.25) is 0 Å². The Bertz CT molecular complexity index is 698. The highest BCUT2D eigenvalue weighted by Gasteiger charge is 2.24. The van der Waals surface area contributed by atoms with E-state index in [0.717, 1.165) is 37.7 Å². The first-order valence-electron chi connectivity index (χ1n) is 9.45. The number of nitrogens with zero attached hydrogens (tertiary/aromatic N) is 1. The van der Waals surface area contributed by atoms with E-state index in [-0.39, 0.29) is 5.91 Å². The summed E-state index contributed by atoms with van der Waals surface area (Å²) in [6, 6.07) is 18.5. The van der Waals surface area contributed by atoms with E-state index < -0.39 is 0 Å². The number of ether oxygens (including phenoxy) is 1. The molecule has 2 aromatic carbocycles. The van der Waals surface area contributed by atoms with Crippen LogP contribution in [0.1, 0.15) is 30.4 Å². The maximum Gasteiger partial charge on any atom is 0.218 e. The lowest BCUT2D eigenvalue weighted by Crippen LogP contribution is -2.31. The Morgan fingerprint density at radius 1 is 1.04 bits per heavy atom.